The summed E-state index contributed by atoms with van der Waals surface area (Å²) in [5, 5.41) is 3.88. The normalized spacial score (nSPS) is 10.6. The second-order valence-electron chi connectivity index (χ2n) is 4.24. The van der Waals surface area contributed by atoms with Gasteiger partial charge < -0.3 is 5.32 Å². The van der Waals surface area contributed by atoms with Gasteiger partial charge in [-0.25, -0.2) is 15.0 Å². The number of nitrogens with one attached hydrogen (secondary N) is 1. The van der Waals surface area contributed by atoms with Crippen LogP contribution in [-0.4, -0.2) is 15.0 Å². The maximum Gasteiger partial charge on any atom is 0.215 e. The molecule has 0 radical (unpaired) electrons. The van der Waals surface area contributed by atoms with Crippen molar-refractivity contribution in [2.24, 2.45) is 0 Å². The highest BCUT2D eigenvalue weighted by Crippen LogP contribution is 2.22. The SMILES string of the molecule is Cc1cccc(Nc2ncnc3cc(F)ncc23)c1. The van der Waals surface area contributed by atoms with E-state index in [0.29, 0.717) is 16.7 Å². The van der Waals surface area contributed by atoms with E-state index in [9.17, 15) is 4.39 Å². The topological polar surface area (TPSA) is 50.7 Å². The molecule has 0 fully saturated rings. The van der Waals surface area contributed by atoms with E-state index in [1.54, 1.807) is 0 Å². The van der Waals surface area contributed by atoms with Gasteiger partial charge in [-0.2, -0.15) is 4.39 Å². The number of hydrogen-bond donors (Lipinski definition) is 1. The van der Waals surface area contributed by atoms with Crippen LogP contribution in [0.2, 0.25) is 0 Å². The summed E-state index contributed by atoms with van der Waals surface area (Å²) < 4.78 is 13.1. The lowest BCUT2D eigenvalue weighted by molar-refractivity contribution is 0.586. The zero-order valence-electron chi connectivity index (χ0n) is 10.3. The largest absolute Gasteiger partial charge is 0.340 e. The van der Waals surface area contributed by atoms with Crippen LogP contribution in [0.4, 0.5) is 15.9 Å². The number of fused-ring (bicyclic) bond motifs is 1. The van der Waals surface area contributed by atoms with Crippen LogP contribution in [0.1, 0.15) is 5.56 Å². The number of anilines is 2. The van der Waals surface area contributed by atoms with E-state index in [4.69, 9.17) is 0 Å². The Bertz CT molecular complexity index is 742. The second kappa shape index (κ2) is 4.61. The Labute approximate surface area is 109 Å². The van der Waals surface area contributed by atoms with Crippen molar-refractivity contribution < 1.29 is 4.39 Å². The van der Waals surface area contributed by atoms with Crippen LogP contribution in [0, 0.1) is 12.9 Å². The molecule has 0 aliphatic carbocycles. The van der Waals surface area contributed by atoms with Crippen LogP contribution >= 0.6 is 0 Å². The fourth-order valence-electron chi connectivity index (χ4n) is 1.89. The van der Waals surface area contributed by atoms with Crippen molar-refractivity contribution in [3.8, 4) is 0 Å². The number of rotatable bonds is 2. The van der Waals surface area contributed by atoms with Crippen molar-refractivity contribution >= 4 is 22.4 Å². The Morgan fingerprint density at radius 2 is 2.00 bits per heavy atom. The van der Waals surface area contributed by atoms with E-state index in [2.05, 4.69) is 20.3 Å². The molecule has 94 valence electrons. The predicted molar refractivity (Wildman–Crippen MR) is 71.8 cm³/mol. The van der Waals surface area contributed by atoms with Crippen molar-refractivity contribution in [3.05, 3.63) is 54.4 Å². The fourth-order valence-corrected chi connectivity index (χ4v) is 1.89. The van der Waals surface area contributed by atoms with Gasteiger partial charge in [0.15, 0.2) is 0 Å². The van der Waals surface area contributed by atoms with Crippen molar-refractivity contribution in [1.82, 2.24) is 15.0 Å². The third-order valence-electron chi connectivity index (χ3n) is 2.77. The monoisotopic (exact) mass is 254 g/mol. The highest BCUT2D eigenvalue weighted by molar-refractivity contribution is 5.89. The number of aromatic nitrogens is 3. The van der Waals surface area contributed by atoms with Gasteiger partial charge in [-0.05, 0) is 24.6 Å². The van der Waals surface area contributed by atoms with Crippen LogP contribution in [0.15, 0.2) is 42.9 Å². The molecule has 0 unspecified atom stereocenters. The average molecular weight is 254 g/mol. The summed E-state index contributed by atoms with van der Waals surface area (Å²) in [4.78, 5) is 11.8. The number of hydrogen-bond acceptors (Lipinski definition) is 4. The first-order valence-corrected chi connectivity index (χ1v) is 5.82. The van der Waals surface area contributed by atoms with Gasteiger partial charge in [0, 0.05) is 18.0 Å². The zero-order valence-corrected chi connectivity index (χ0v) is 10.3. The lowest BCUT2D eigenvalue weighted by atomic mass is 10.2. The molecule has 1 N–H and O–H groups in total. The maximum atomic E-state index is 13.1. The predicted octanol–water partition coefficient (Wildman–Crippen LogP) is 3.22. The molecule has 0 saturated carbocycles. The maximum absolute atomic E-state index is 13.1. The van der Waals surface area contributed by atoms with E-state index in [0.717, 1.165) is 11.3 Å². The number of benzene rings is 1. The number of pyridine rings is 1. The molecule has 0 amide bonds. The van der Waals surface area contributed by atoms with Crippen LogP contribution in [0.3, 0.4) is 0 Å². The van der Waals surface area contributed by atoms with Crippen LogP contribution < -0.4 is 5.32 Å². The van der Waals surface area contributed by atoms with Gasteiger partial charge in [-0.1, -0.05) is 12.1 Å². The van der Waals surface area contributed by atoms with Gasteiger partial charge in [0.25, 0.3) is 0 Å². The molecule has 3 rings (SSSR count). The first kappa shape index (κ1) is 11.5. The first-order chi connectivity index (χ1) is 9.22. The molecule has 0 bridgehead atoms. The van der Waals surface area contributed by atoms with Crippen molar-refractivity contribution in [1.29, 1.82) is 0 Å². The number of aryl methyl sites for hydroxylation is 1. The van der Waals surface area contributed by atoms with Gasteiger partial charge in [0.2, 0.25) is 5.95 Å². The minimum absolute atomic E-state index is 0.526. The molecule has 0 aliphatic rings. The van der Waals surface area contributed by atoms with Crippen LogP contribution in [0.5, 0.6) is 0 Å². The highest BCUT2D eigenvalue weighted by Gasteiger charge is 2.05. The van der Waals surface area contributed by atoms with E-state index in [1.807, 2.05) is 31.2 Å². The van der Waals surface area contributed by atoms with E-state index >= 15 is 0 Å². The van der Waals surface area contributed by atoms with E-state index < -0.39 is 5.95 Å². The Hall–Kier alpha value is -2.56. The van der Waals surface area contributed by atoms with Gasteiger partial charge >= 0.3 is 0 Å². The Balaban J connectivity index is 2.06. The fraction of sp³-hybridized carbons (Fsp3) is 0.0714. The molecule has 0 atom stereocenters. The molecule has 2 aromatic heterocycles. The summed E-state index contributed by atoms with van der Waals surface area (Å²) >= 11 is 0. The molecular weight excluding hydrogens is 243 g/mol. The molecule has 3 aromatic rings. The van der Waals surface area contributed by atoms with Gasteiger partial charge in [0.05, 0.1) is 10.9 Å². The molecule has 0 aliphatic heterocycles. The van der Waals surface area contributed by atoms with Crippen molar-refractivity contribution in [3.63, 3.8) is 0 Å². The second-order valence-corrected chi connectivity index (χ2v) is 4.24. The van der Waals surface area contributed by atoms with Crippen LogP contribution in [-0.2, 0) is 0 Å². The summed E-state index contributed by atoms with van der Waals surface area (Å²) in [5.41, 5.74) is 2.59. The smallest absolute Gasteiger partial charge is 0.215 e. The van der Waals surface area contributed by atoms with E-state index in [1.165, 1.54) is 18.6 Å². The molecule has 0 saturated heterocycles. The molecule has 2 heterocycles. The molecule has 4 nitrogen and oxygen atoms in total. The third kappa shape index (κ3) is 2.35. The Morgan fingerprint density at radius 3 is 2.84 bits per heavy atom. The van der Waals surface area contributed by atoms with Gasteiger partial charge in [-0.3, -0.25) is 0 Å². The molecule has 5 heteroatoms. The first-order valence-electron chi connectivity index (χ1n) is 5.82. The van der Waals surface area contributed by atoms with Gasteiger partial charge in [-0.15, -0.1) is 0 Å². The number of halogens is 1. The summed E-state index contributed by atoms with van der Waals surface area (Å²) in [7, 11) is 0. The van der Waals surface area contributed by atoms with Crippen LogP contribution in [0.25, 0.3) is 10.9 Å². The average Bonchev–Trinajstić information content (AvgIpc) is 2.38. The summed E-state index contributed by atoms with van der Waals surface area (Å²) in [6.45, 7) is 2.01. The summed E-state index contributed by atoms with van der Waals surface area (Å²) in [6, 6.07) is 9.21. The standard InChI is InChI=1S/C14H11FN4/c1-9-3-2-4-10(5-9)19-14-11-7-16-13(15)6-12(11)17-8-18-14/h2-8H,1H3,(H,17,18,19). The van der Waals surface area contributed by atoms with Gasteiger partial charge in [0.1, 0.15) is 12.1 Å². The quantitative estimate of drug-likeness (QED) is 0.713. The highest BCUT2D eigenvalue weighted by atomic mass is 19.1. The summed E-state index contributed by atoms with van der Waals surface area (Å²) in [5.74, 6) is 0.0656. The lowest BCUT2D eigenvalue weighted by Crippen LogP contribution is -1.97. The number of nitrogens with zero attached hydrogens (tertiary/aromatic N) is 3. The Morgan fingerprint density at radius 1 is 1.11 bits per heavy atom. The third-order valence-corrected chi connectivity index (χ3v) is 2.77. The zero-order chi connectivity index (χ0) is 13.2. The molecule has 19 heavy (non-hydrogen) atoms. The molecule has 1 aromatic carbocycles. The minimum atomic E-state index is -0.548. The van der Waals surface area contributed by atoms with Crippen molar-refractivity contribution in [2.75, 3.05) is 5.32 Å². The molecule has 0 spiro atoms. The van der Waals surface area contributed by atoms with E-state index in [-0.39, 0.29) is 0 Å². The minimum Gasteiger partial charge on any atom is -0.340 e. The Kier molecular flexibility index (Phi) is 2.79. The molecular formula is C14H11FN4. The lowest BCUT2D eigenvalue weighted by Gasteiger charge is -2.08. The van der Waals surface area contributed by atoms with Crippen molar-refractivity contribution in [2.45, 2.75) is 6.92 Å². The summed E-state index contributed by atoms with van der Waals surface area (Å²) in [6.07, 6.45) is 2.84.